The van der Waals surface area contributed by atoms with Crippen molar-refractivity contribution in [2.45, 2.75) is 91.4 Å². The molecule has 11 rings (SSSR count). The predicted molar refractivity (Wildman–Crippen MR) is 319 cm³/mol. The van der Waals surface area contributed by atoms with Crippen LogP contribution in [-0.2, 0) is 28.8 Å². The molecule has 1 aliphatic carbocycles. The highest BCUT2D eigenvalue weighted by Crippen LogP contribution is 2.30. The van der Waals surface area contributed by atoms with Crippen molar-refractivity contribution in [2.75, 3.05) is 52.5 Å². The van der Waals surface area contributed by atoms with E-state index in [1.54, 1.807) is 79.1 Å². The Kier molecular flexibility index (Phi) is 20.8. The smallest absolute Gasteiger partial charge is 0.435 e. The van der Waals surface area contributed by atoms with Gasteiger partial charge in [0.15, 0.2) is 33.5 Å². The molecule has 24 heteroatoms. The lowest BCUT2D eigenvalue weighted by atomic mass is 9.84. The summed E-state index contributed by atoms with van der Waals surface area (Å²) in [6.07, 6.45) is 9.07. The summed E-state index contributed by atoms with van der Waals surface area (Å²) in [6, 6.07) is 26.6. The maximum atomic E-state index is 13.1. The van der Waals surface area contributed by atoms with E-state index in [9.17, 15) is 28.8 Å². The number of aromatic nitrogens is 3. The monoisotopic (exact) mass is 1250 g/mol. The van der Waals surface area contributed by atoms with Crippen molar-refractivity contribution in [3.8, 4) is 0 Å². The van der Waals surface area contributed by atoms with Crippen LogP contribution < -0.4 is 0 Å². The maximum Gasteiger partial charge on any atom is 0.436 e. The molecule has 84 heavy (non-hydrogen) atoms. The number of carbonyl (C=O) groups excluding carboxylic acids is 6. The number of rotatable bonds is 11. The van der Waals surface area contributed by atoms with Crippen molar-refractivity contribution in [2.24, 2.45) is 26.8 Å². The Morgan fingerprint density at radius 3 is 1.74 bits per heavy atom. The molecule has 0 radical (unpaired) electrons. The molecule has 0 N–H and O–H groups in total. The maximum absolute atomic E-state index is 13.1. The standard InChI is InChI=1S/C21H25N3O4.C20H16BrN3O4S.C19H22ClN3O4/c25-19(15-9-3-1-4-10-15)18(20-22-16-11-5-6-12-17(16)27-20)23-28-21(26)24-13-7-2-8-14-24;21-14-6-7-16-15(12-14)22-19(29-16)17(18(25)13-4-2-1-3-5-13)23-28-20(26)24-8-10-27-11-9-24;1-19(2,3)16(24)15(22-27-18(25)23-9-5-4-6-10-23)17-21-13-8-7-12(20)11-14(13)26-17/h5-6,11-12,15H,1-4,7-10,13-14H2;1-7,12H,8-11H2;7-8,11H,4-6,9-10H2,1-3H3/b23-18+;23-17+;22-15+. The number of para-hydroxylation sites is 2. The zero-order chi connectivity index (χ0) is 59.2. The molecule has 3 aliphatic heterocycles. The number of benzene rings is 4. The fourth-order valence-electron chi connectivity index (χ4n) is 9.49. The zero-order valence-corrected chi connectivity index (χ0v) is 49.9. The van der Waals surface area contributed by atoms with E-state index in [0.29, 0.717) is 90.3 Å². The van der Waals surface area contributed by atoms with E-state index in [1.807, 2.05) is 42.5 Å². The molecule has 4 fully saturated rings. The van der Waals surface area contributed by atoms with Gasteiger partial charge in [0.1, 0.15) is 11.0 Å². The number of carbonyl (C=O) groups is 6. The van der Waals surface area contributed by atoms with Crippen molar-refractivity contribution in [1.82, 2.24) is 29.7 Å². The molecule has 1 saturated carbocycles. The molecule has 0 unspecified atom stereocenters. The second-order valence-electron chi connectivity index (χ2n) is 21.3. The van der Waals surface area contributed by atoms with Crippen LogP contribution in [0.4, 0.5) is 14.4 Å². The molecule has 3 aromatic heterocycles. The first-order chi connectivity index (χ1) is 40.6. The van der Waals surface area contributed by atoms with Gasteiger partial charge in [-0.25, -0.2) is 29.3 Å². The molecule has 440 valence electrons. The number of halogens is 2. The fourth-order valence-corrected chi connectivity index (χ4v) is 10.9. The number of thiazole rings is 1. The van der Waals surface area contributed by atoms with Crippen LogP contribution in [0.1, 0.15) is 119 Å². The van der Waals surface area contributed by atoms with E-state index in [2.05, 4.69) is 46.3 Å². The Balaban J connectivity index is 0.000000151. The van der Waals surface area contributed by atoms with Crippen LogP contribution in [0.2, 0.25) is 5.02 Å². The van der Waals surface area contributed by atoms with Crippen LogP contribution >= 0.6 is 38.9 Å². The van der Waals surface area contributed by atoms with Gasteiger partial charge >= 0.3 is 18.3 Å². The molecular formula is C60H63BrClN9O12S. The Hall–Kier alpha value is -7.73. The molecule has 4 aromatic carbocycles. The number of hydrogen-bond acceptors (Lipinski definition) is 19. The minimum absolute atomic E-state index is 0.00126. The molecule has 3 saturated heterocycles. The van der Waals surface area contributed by atoms with Crippen molar-refractivity contribution in [1.29, 1.82) is 0 Å². The summed E-state index contributed by atoms with van der Waals surface area (Å²) in [5, 5.41) is 12.6. The van der Waals surface area contributed by atoms with Gasteiger partial charge in [-0.2, -0.15) is 0 Å². The molecule has 0 atom stereocenters. The first-order valence-electron chi connectivity index (χ1n) is 28.0. The van der Waals surface area contributed by atoms with Gasteiger partial charge in [-0.1, -0.05) is 125 Å². The van der Waals surface area contributed by atoms with Gasteiger partial charge in [0.25, 0.3) is 11.8 Å². The van der Waals surface area contributed by atoms with E-state index < -0.39 is 23.7 Å². The number of fused-ring (bicyclic) bond motifs is 3. The van der Waals surface area contributed by atoms with Crippen LogP contribution in [0.5, 0.6) is 0 Å². The number of piperidine rings is 2. The first kappa shape index (κ1) is 60.8. The van der Waals surface area contributed by atoms with E-state index in [4.69, 9.17) is 39.7 Å². The average Bonchev–Trinajstić information content (AvgIpc) is 4.13. The van der Waals surface area contributed by atoms with Crippen molar-refractivity contribution in [3.05, 3.63) is 123 Å². The molecule has 21 nitrogen and oxygen atoms in total. The van der Waals surface area contributed by atoms with Crippen molar-refractivity contribution in [3.63, 3.8) is 0 Å². The topological polar surface area (TPSA) is 251 Å². The Morgan fingerprint density at radius 1 is 0.583 bits per heavy atom. The summed E-state index contributed by atoms with van der Waals surface area (Å²) in [5.41, 5.74) is 2.47. The largest absolute Gasteiger partial charge is 0.436 e. The third-order valence-electron chi connectivity index (χ3n) is 14.1. The molecule has 6 heterocycles. The highest BCUT2D eigenvalue weighted by atomic mass is 79.9. The van der Waals surface area contributed by atoms with Gasteiger partial charge in [0, 0.05) is 71.7 Å². The first-order valence-corrected chi connectivity index (χ1v) is 30.0. The Morgan fingerprint density at radius 2 is 1.12 bits per heavy atom. The van der Waals surface area contributed by atoms with Gasteiger partial charge in [-0.3, -0.25) is 28.9 Å². The summed E-state index contributed by atoms with van der Waals surface area (Å²) in [4.78, 5) is 109. The summed E-state index contributed by atoms with van der Waals surface area (Å²) in [7, 11) is 0. The second-order valence-corrected chi connectivity index (χ2v) is 23.7. The zero-order valence-electron chi connectivity index (χ0n) is 46.8. The van der Waals surface area contributed by atoms with Gasteiger partial charge in [-0.15, -0.1) is 11.3 Å². The lowest BCUT2D eigenvalue weighted by molar-refractivity contribution is -0.119. The predicted octanol–water partition coefficient (Wildman–Crippen LogP) is 12.8. The van der Waals surface area contributed by atoms with Gasteiger partial charge < -0.3 is 28.3 Å². The lowest BCUT2D eigenvalue weighted by Gasteiger charge is -2.24. The fraction of sp³-hybridized carbons (Fsp3) is 0.400. The lowest BCUT2D eigenvalue weighted by Crippen LogP contribution is -2.40. The van der Waals surface area contributed by atoms with Crippen LogP contribution in [0.3, 0.4) is 0 Å². The van der Waals surface area contributed by atoms with Crippen molar-refractivity contribution >= 4 is 124 Å². The number of oxime groups is 3. The number of morpholine rings is 1. The normalized spacial score (nSPS) is 16.5. The number of ether oxygens (including phenoxy) is 1. The van der Waals surface area contributed by atoms with Crippen LogP contribution in [0, 0.1) is 11.3 Å². The van der Waals surface area contributed by atoms with Gasteiger partial charge in [0.05, 0.1) is 23.4 Å². The molecular weight excluding hydrogens is 1190 g/mol. The number of amides is 3. The number of oxazole rings is 2. The number of likely N-dealkylation sites (tertiary alicyclic amines) is 2. The molecule has 7 aromatic rings. The third-order valence-corrected chi connectivity index (χ3v) is 15.9. The van der Waals surface area contributed by atoms with E-state index in [0.717, 1.165) is 85.3 Å². The third kappa shape index (κ3) is 15.9. The van der Waals surface area contributed by atoms with Crippen molar-refractivity contribution < 1.29 is 56.9 Å². The van der Waals surface area contributed by atoms with E-state index in [-0.39, 0.29) is 52.2 Å². The van der Waals surface area contributed by atoms with Crippen LogP contribution in [0.15, 0.2) is 120 Å². The second kappa shape index (κ2) is 28.7. The quantitative estimate of drug-likeness (QED) is 0.0505. The average molecular weight is 1250 g/mol. The highest BCUT2D eigenvalue weighted by molar-refractivity contribution is 9.10. The van der Waals surface area contributed by atoms with Crippen LogP contribution in [-0.4, -0.2) is 135 Å². The van der Waals surface area contributed by atoms with E-state index >= 15 is 0 Å². The Bertz CT molecular complexity index is 3560. The van der Waals surface area contributed by atoms with Crippen LogP contribution in [0.25, 0.3) is 32.4 Å². The molecule has 0 spiro atoms. The summed E-state index contributed by atoms with van der Waals surface area (Å²) in [6.45, 7) is 9.53. The van der Waals surface area contributed by atoms with Gasteiger partial charge in [0.2, 0.25) is 17.2 Å². The summed E-state index contributed by atoms with van der Waals surface area (Å²) in [5.74, 6) is -0.874. The highest BCUT2D eigenvalue weighted by Gasteiger charge is 2.34. The minimum Gasteiger partial charge on any atom is -0.435 e. The SMILES string of the molecule is CC(C)(C)C(=O)/C(=N\OC(=O)N1CCCCC1)c1nc2ccc(Cl)cc2o1.O=C(/C(=N\OC(=O)N1CCCCC1)c1nc2ccccc2o1)C1CCCCC1.O=C(/C(=N\OC(=O)N1CCOCC1)c1nc2cc(Br)ccc2s1)c1ccccc1. The molecule has 3 amide bonds. The Labute approximate surface area is 501 Å². The summed E-state index contributed by atoms with van der Waals surface area (Å²) >= 11 is 10.7. The molecule has 0 bridgehead atoms. The molecule has 4 aliphatic rings. The summed E-state index contributed by atoms with van der Waals surface area (Å²) < 4.78 is 18.4. The minimum atomic E-state index is -0.755. The van der Waals surface area contributed by atoms with Gasteiger partial charge in [-0.05, 0) is 93.8 Å². The number of ketones is 3. The number of hydrogen-bond donors (Lipinski definition) is 0. The number of Topliss-reactive ketones (excluding diaryl/α,β-unsaturated/α-hetero) is 3. The van der Waals surface area contributed by atoms with E-state index in [1.165, 1.54) is 16.2 Å². The number of nitrogens with zero attached hydrogens (tertiary/aromatic N) is 9.